The molecule has 1 unspecified atom stereocenters. The number of hydrogen-bond acceptors (Lipinski definition) is 2. The third-order valence-corrected chi connectivity index (χ3v) is 4.51. The van der Waals surface area contributed by atoms with E-state index in [-0.39, 0.29) is 0 Å². The minimum atomic E-state index is -0.623. The second-order valence-corrected chi connectivity index (χ2v) is 6.23. The first-order valence-electron chi connectivity index (χ1n) is 7.49. The highest BCUT2D eigenvalue weighted by Gasteiger charge is 2.43. The number of aryl methyl sites for hydroxylation is 2. The summed E-state index contributed by atoms with van der Waals surface area (Å²) in [6.45, 7) is 8.74. The molecule has 20 heavy (non-hydrogen) atoms. The Bertz CT molecular complexity index is 498. The van der Waals surface area contributed by atoms with E-state index in [0.29, 0.717) is 6.54 Å². The number of carboxylic acids is 1. The Labute approximate surface area is 121 Å². The molecule has 1 fully saturated rings. The summed E-state index contributed by atoms with van der Waals surface area (Å²) in [6, 6.07) is 6.50. The van der Waals surface area contributed by atoms with Gasteiger partial charge in [-0.15, -0.1) is 0 Å². The van der Waals surface area contributed by atoms with Gasteiger partial charge in [-0.1, -0.05) is 37.1 Å². The van der Waals surface area contributed by atoms with Crippen molar-refractivity contribution in [3.8, 4) is 0 Å². The lowest BCUT2D eigenvalue weighted by atomic mass is 9.83. The molecule has 1 aliphatic rings. The largest absolute Gasteiger partial charge is 0.481 e. The number of aliphatic carboxylic acids is 1. The second kappa shape index (κ2) is 5.96. The molecular formula is C17H25NO2. The van der Waals surface area contributed by atoms with Gasteiger partial charge in [-0.25, -0.2) is 0 Å². The van der Waals surface area contributed by atoms with Crippen molar-refractivity contribution in [2.24, 2.45) is 5.41 Å². The first-order chi connectivity index (χ1) is 9.47. The van der Waals surface area contributed by atoms with Crippen LogP contribution in [-0.2, 0) is 11.3 Å². The molecule has 2 rings (SSSR count). The molecule has 3 nitrogen and oxygen atoms in total. The predicted molar refractivity (Wildman–Crippen MR) is 80.8 cm³/mol. The van der Waals surface area contributed by atoms with Crippen LogP contribution in [0.15, 0.2) is 18.2 Å². The zero-order valence-corrected chi connectivity index (χ0v) is 12.8. The fourth-order valence-electron chi connectivity index (χ4n) is 3.32. The number of benzene rings is 1. The van der Waals surface area contributed by atoms with Crippen molar-refractivity contribution in [2.45, 2.75) is 46.6 Å². The van der Waals surface area contributed by atoms with E-state index in [1.807, 2.05) is 0 Å². The zero-order chi connectivity index (χ0) is 14.8. The molecule has 1 aromatic carbocycles. The van der Waals surface area contributed by atoms with Gasteiger partial charge in [0.2, 0.25) is 0 Å². The van der Waals surface area contributed by atoms with Gasteiger partial charge >= 0.3 is 5.97 Å². The molecule has 1 heterocycles. The molecule has 110 valence electrons. The van der Waals surface area contributed by atoms with Crippen LogP contribution in [0.2, 0.25) is 0 Å². The molecule has 3 heteroatoms. The van der Waals surface area contributed by atoms with Gasteiger partial charge < -0.3 is 5.11 Å². The van der Waals surface area contributed by atoms with Gasteiger partial charge in [0.25, 0.3) is 0 Å². The SMILES string of the molecule is CCCC1(C(=O)O)CCN(Cc2ccc(C)cc2C)C1. The smallest absolute Gasteiger partial charge is 0.310 e. The molecular weight excluding hydrogens is 250 g/mol. The van der Waals surface area contributed by atoms with Crippen LogP contribution in [0.25, 0.3) is 0 Å². The Hall–Kier alpha value is -1.35. The fourth-order valence-corrected chi connectivity index (χ4v) is 3.32. The third-order valence-electron chi connectivity index (χ3n) is 4.51. The van der Waals surface area contributed by atoms with Gasteiger partial charge in [-0.05, 0) is 44.4 Å². The van der Waals surface area contributed by atoms with Crippen molar-refractivity contribution in [1.82, 2.24) is 4.90 Å². The number of carbonyl (C=O) groups is 1. The van der Waals surface area contributed by atoms with Crippen LogP contribution in [0.1, 0.15) is 42.9 Å². The summed E-state index contributed by atoms with van der Waals surface area (Å²) in [5, 5.41) is 9.54. The van der Waals surface area contributed by atoms with Crippen molar-refractivity contribution in [3.63, 3.8) is 0 Å². The van der Waals surface area contributed by atoms with Gasteiger partial charge in [0.05, 0.1) is 5.41 Å². The van der Waals surface area contributed by atoms with E-state index in [9.17, 15) is 9.90 Å². The van der Waals surface area contributed by atoms with Gasteiger partial charge in [0.1, 0.15) is 0 Å². The van der Waals surface area contributed by atoms with Crippen LogP contribution in [0.5, 0.6) is 0 Å². The summed E-state index contributed by atoms with van der Waals surface area (Å²) >= 11 is 0. The minimum Gasteiger partial charge on any atom is -0.481 e. The summed E-state index contributed by atoms with van der Waals surface area (Å²) in [7, 11) is 0. The highest BCUT2D eigenvalue weighted by molar-refractivity contribution is 5.75. The van der Waals surface area contributed by atoms with E-state index < -0.39 is 11.4 Å². The van der Waals surface area contributed by atoms with E-state index in [1.54, 1.807) is 0 Å². The molecule has 1 aromatic rings. The highest BCUT2D eigenvalue weighted by atomic mass is 16.4. The van der Waals surface area contributed by atoms with Crippen molar-refractivity contribution >= 4 is 5.97 Å². The predicted octanol–water partition coefficient (Wildman–Crippen LogP) is 3.38. The van der Waals surface area contributed by atoms with Crippen LogP contribution in [0.3, 0.4) is 0 Å². The van der Waals surface area contributed by atoms with Gasteiger partial charge in [0.15, 0.2) is 0 Å². The molecule has 1 saturated heterocycles. The maximum atomic E-state index is 11.6. The molecule has 0 radical (unpaired) electrons. The van der Waals surface area contributed by atoms with Crippen LogP contribution < -0.4 is 0 Å². The van der Waals surface area contributed by atoms with E-state index >= 15 is 0 Å². The van der Waals surface area contributed by atoms with Crippen LogP contribution in [0, 0.1) is 19.3 Å². The second-order valence-electron chi connectivity index (χ2n) is 6.23. The number of rotatable bonds is 5. The topological polar surface area (TPSA) is 40.5 Å². The van der Waals surface area contributed by atoms with E-state index in [0.717, 1.165) is 32.4 Å². The number of carboxylic acid groups (broad SMARTS) is 1. The highest BCUT2D eigenvalue weighted by Crippen LogP contribution is 2.36. The summed E-state index contributed by atoms with van der Waals surface area (Å²) in [5.74, 6) is -0.623. The van der Waals surface area contributed by atoms with E-state index in [4.69, 9.17) is 0 Å². The molecule has 0 spiro atoms. The number of likely N-dealkylation sites (tertiary alicyclic amines) is 1. The Kier molecular flexibility index (Phi) is 4.48. The van der Waals surface area contributed by atoms with Crippen LogP contribution >= 0.6 is 0 Å². The number of hydrogen-bond donors (Lipinski definition) is 1. The monoisotopic (exact) mass is 275 g/mol. The fraction of sp³-hybridized carbons (Fsp3) is 0.588. The molecule has 0 bridgehead atoms. The molecule has 1 N–H and O–H groups in total. The quantitative estimate of drug-likeness (QED) is 0.895. The maximum absolute atomic E-state index is 11.6. The summed E-state index contributed by atoms with van der Waals surface area (Å²) in [4.78, 5) is 13.9. The van der Waals surface area contributed by atoms with Crippen LogP contribution in [-0.4, -0.2) is 29.1 Å². The van der Waals surface area contributed by atoms with Gasteiger partial charge in [-0.3, -0.25) is 9.69 Å². The van der Waals surface area contributed by atoms with Crippen molar-refractivity contribution in [2.75, 3.05) is 13.1 Å². The third kappa shape index (κ3) is 3.04. The number of nitrogens with zero attached hydrogens (tertiary/aromatic N) is 1. The van der Waals surface area contributed by atoms with Gasteiger partial charge in [-0.2, -0.15) is 0 Å². The molecule has 0 aliphatic carbocycles. The van der Waals surface area contributed by atoms with Crippen LogP contribution in [0.4, 0.5) is 0 Å². The summed E-state index contributed by atoms with van der Waals surface area (Å²) in [6.07, 6.45) is 2.50. The Morgan fingerprint density at radius 2 is 2.15 bits per heavy atom. The maximum Gasteiger partial charge on any atom is 0.310 e. The lowest BCUT2D eigenvalue weighted by Crippen LogP contribution is -2.34. The van der Waals surface area contributed by atoms with E-state index in [2.05, 4.69) is 43.9 Å². The molecule has 1 aliphatic heterocycles. The summed E-state index contributed by atoms with van der Waals surface area (Å²) in [5.41, 5.74) is 3.37. The average Bonchev–Trinajstić information content (AvgIpc) is 2.78. The van der Waals surface area contributed by atoms with Crippen molar-refractivity contribution < 1.29 is 9.90 Å². The Balaban J connectivity index is 2.07. The van der Waals surface area contributed by atoms with Gasteiger partial charge in [0, 0.05) is 13.1 Å². The normalized spacial score (nSPS) is 23.1. The summed E-state index contributed by atoms with van der Waals surface area (Å²) < 4.78 is 0. The lowest BCUT2D eigenvalue weighted by molar-refractivity contribution is -0.148. The van der Waals surface area contributed by atoms with Crippen molar-refractivity contribution in [1.29, 1.82) is 0 Å². The zero-order valence-electron chi connectivity index (χ0n) is 12.8. The van der Waals surface area contributed by atoms with E-state index in [1.165, 1.54) is 16.7 Å². The van der Waals surface area contributed by atoms with Crippen molar-refractivity contribution in [3.05, 3.63) is 34.9 Å². The Morgan fingerprint density at radius 3 is 2.75 bits per heavy atom. The molecule has 1 atom stereocenters. The lowest BCUT2D eigenvalue weighted by Gasteiger charge is -2.24. The first-order valence-corrected chi connectivity index (χ1v) is 7.49. The molecule has 0 saturated carbocycles. The average molecular weight is 275 g/mol. The Morgan fingerprint density at radius 1 is 1.40 bits per heavy atom. The standard InChI is InChI=1S/C17H25NO2/c1-4-7-17(16(19)20)8-9-18(12-17)11-15-6-5-13(2)10-14(15)3/h5-6,10H,4,7-9,11-12H2,1-3H3,(H,19,20). The molecule has 0 amide bonds. The first kappa shape index (κ1) is 15.0. The molecule has 0 aromatic heterocycles. The minimum absolute atomic E-state index is 0.520.